The monoisotopic (exact) mass is 433 g/mol. The normalized spacial score (nSPS) is 10.5. The van der Waals surface area contributed by atoms with Gasteiger partial charge in [0.15, 0.2) is 12.4 Å². The largest absolute Gasteiger partial charge is 0.484 e. The molecule has 2 N–H and O–H groups in total. The molecule has 0 atom stereocenters. The second kappa shape index (κ2) is 9.91. The summed E-state index contributed by atoms with van der Waals surface area (Å²) < 4.78 is 24.1. The van der Waals surface area contributed by atoms with Gasteiger partial charge in [-0.05, 0) is 24.3 Å². The second-order valence-corrected chi connectivity index (χ2v) is 6.02. The highest BCUT2D eigenvalue weighted by Crippen LogP contribution is 2.11. The molecule has 0 aliphatic rings. The summed E-state index contributed by atoms with van der Waals surface area (Å²) in [7, 11) is 0. The van der Waals surface area contributed by atoms with Crippen molar-refractivity contribution < 1.29 is 28.2 Å². The van der Waals surface area contributed by atoms with Crippen molar-refractivity contribution in [1.29, 1.82) is 0 Å². The Morgan fingerprint density at radius 3 is 2.68 bits per heavy atom. The Balaban J connectivity index is 1.36. The number of hydrogen-bond acceptors (Lipinski definition) is 9. The Morgan fingerprint density at radius 2 is 1.97 bits per heavy atom. The number of nitrogens with one attached hydrogen (secondary N) is 2. The summed E-state index contributed by atoms with van der Waals surface area (Å²) in [5.74, 6) is -1.33. The van der Waals surface area contributed by atoms with E-state index >= 15 is 0 Å². The van der Waals surface area contributed by atoms with Crippen molar-refractivity contribution in [2.75, 3.05) is 19.7 Å². The third kappa shape index (κ3) is 6.31. The summed E-state index contributed by atoms with van der Waals surface area (Å²) >= 11 is 0. The lowest BCUT2D eigenvalue weighted by Gasteiger charge is -2.07. The minimum absolute atomic E-state index is 0.0191. The van der Waals surface area contributed by atoms with Crippen LogP contribution in [0.5, 0.6) is 5.75 Å². The molecule has 2 heterocycles. The Labute approximate surface area is 173 Å². The van der Waals surface area contributed by atoms with Crippen LogP contribution in [0.2, 0.25) is 0 Å². The van der Waals surface area contributed by atoms with Gasteiger partial charge in [-0.15, -0.1) is 0 Å². The minimum Gasteiger partial charge on any atom is -0.484 e. The van der Waals surface area contributed by atoms with Gasteiger partial charge in [-0.3, -0.25) is 24.4 Å². The maximum atomic E-state index is 12.8. The molecule has 14 heteroatoms. The molecule has 0 radical (unpaired) electrons. The van der Waals surface area contributed by atoms with Gasteiger partial charge in [-0.25, -0.2) is 4.39 Å². The van der Waals surface area contributed by atoms with E-state index in [1.54, 1.807) is 0 Å². The molecule has 0 saturated carbocycles. The highest BCUT2D eigenvalue weighted by Gasteiger charge is 2.16. The standard InChI is InChI=1S/C17H16FN7O6/c18-11-1-3-13(4-2-11)30-10-15(26)19-5-6-20-16(27)17-22-14(23-31-17)9-24-8-12(7-21-24)25(28)29/h1-4,7-8H,5-6,9-10H2,(H,19,26)(H,20,27). The quantitative estimate of drug-likeness (QED) is 0.259. The SMILES string of the molecule is O=C(COc1ccc(F)cc1)NCCNC(=O)c1nc(Cn2cc([N+](=O)[O-])cn2)no1. The maximum Gasteiger partial charge on any atom is 0.316 e. The number of hydrogen-bond donors (Lipinski definition) is 2. The van der Waals surface area contributed by atoms with Crippen molar-refractivity contribution in [3.05, 3.63) is 64.3 Å². The van der Waals surface area contributed by atoms with Crippen LogP contribution in [-0.4, -0.2) is 56.4 Å². The van der Waals surface area contributed by atoms with Gasteiger partial charge in [0.1, 0.15) is 30.5 Å². The van der Waals surface area contributed by atoms with Gasteiger partial charge >= 0.3 is 17.5 Å². The predicted molar refractivity (Wildman–Crippen MR) is 99.5 cm³/mol. The smallest absolute Gasteiger partial charge is 0.316 e. The van der Waals surface area contributed by atoms with Crippen molar-refractivity contribution >= 4 is 17.5 Å². The first kappa shape index (κ1) is 21.4. The molecule has 0 unspecified atom stereocenters. The predicted octanol–water partition coefficient (Wildman–Crippen LogP) is 0.287. The molecule has 0 fully saturated rings. The van der Waals surface area contributed by atoms with Crippen LogP contribution in [0.25, 0.3) is 0 Å². The number of aromatic nitrogens is 4. The number of ether oxygens (including phenoxy) is 1. The van der Waals surface area contributed by atoms with Crippen LogP contribution in [0.4, 0.5) is 10.1 Å². The van der Waals surface area contributed by atoms with E-state index in [4.69, 9.17) is 9.26 Å². The van der Waals surface area contributed by atoms with Gasteiger partial charge in [0.2, 0.25) is 0 Å². The first-order valence-corrected chi connectivity index (χ1v) is 8.83. The number of halogens is 1. The fourth-order valence-corrected chi connectivity index (χ4v) is 2.27. The maximum absolute atomic E-state index is 12.8. The zero-order chi connectivity index (χ0) is 22.2. The molecular weight excluding hydrogens is 417 g/mol. The van der Waals surface area contributed by atoms with Crippen LogP contribution >= 0.6 is 0 Å². The zero-order valence-corrected chi connectivity index (χ0v) is 15.9. The molecule has 31 heavy (non-hydrogen) atoms. The number of carbonyl (C=O) groups excluding carboxylic acids is 2. The van der Waals surface area contributed by atoms with Gasteiger partial charge in [0, 0.05) is 13.1 Å². The van der Waals surface area contributed by atoms with E-state index in [-0.39, 0.29) is 43.6 Å². The molecular formula is C17H16FN7O6. The van der Waals surface area contributed by atoms with E-state index in [0.717, 1.165) is 6.20 Å². The van der Waals surface area contributed by atoms with E-state index in [2.05, 4.69) is 25.9 Å². The first-order valence-electron chi connectivity index (χ1n) is 8.83. The minimum atomic E-state index is -0.651. The van der Waals surface area contributed by atoms with Gasteiger partial charge in [-0.2, -0.15) is 10.1 Å². The third-order valence-electron chi connectivity index (χ3n) is 3.71. The molecule has 2 aromatic heterocycles. The fourth-order valence-electron chi connectivity index (χ4n) is 2.27. The summed E-state index contributed by atoms with van der Waals surface area (Å²) in [5, 5.41) is 23.1. The molecule has 1 aromatic carbocycles. The van der Waals surface area contributed by atoms with E-state index in [1.807, 2.05) is 0 Å². The Hall–Kier alpha value is -4.36. The van der Waals surface area contributed by atoms with E-state index in [0.29, 0.717) is 5.75 Å². The summed E-state index contributed by atoms with van der Waals surface area (Å²) in [5.41, 5.74) is -0.188. The van der Waals surface area contributed by atoms with Gasteiger partial charge in [-0.1, -0.05) is 5.16 Å². The summed E-state index contributed by atoms with van der Waals surface area (Å²) in [6.07, 6.45) is 2.27. The Bertz CT molecular complexity index is 1070. The van der Waals surface area contributed by atoms with Crippen LogP contribution in [0, 0.1) is 15.9 Å². The number of nitro groups is 1. The number of benzene rings is 1. The van der Waals surface area contributed by atoms with Crippen LogP contribution in [0.15, 0.2) is 41.2 Å². The van der Waals surface area contributed by atoms with E-state index < -0.39 is 22.6 Å². The van der Waals surface area contributed by atoms with Crippen molar-refractivity contribution in [3.8, 4) is 5.75 Å². The number of nitrogens with zero attached hydrogens (tertiary/aromatic N) is 5. The molecule has 0 saturated heterocycles. The average Bonchev–Trinajstić information content (AvgIpc) is 3.41. The number of rotatable bonds is 10. The van der Waals surface area contributed by atoms with Gasteiger partial charge in [0.25, 0.3) is 5.91 Å². The zero-order valence-electron chi connectivity index (χ0n) is 15.9. The molecule has 13 nitrogen and oxygen atoms in total. The van der Waals surface area contributed by atoms with Crippen LogP contribution in [0.1, 0.15) is 16.5 Å². The molecule has 3 rings (SSSR count). The number of carbonyl (C=O) groups is 2. The molecule has 0 spiro atoms. The van der Waals surface area contributed by atoms with Gasteiger partial charge in [0.05, 0.1) is 4.92 Å². The lowest BCUT2D eigenvalue weighted by molar-refractivity contribution is -0.385. The van der Waals surface area contributed by atoms with Crippen molar-refractivity contribution in [3.63, 3.8) is 0 Å². The molecule has 3 aromatic rings. The van der Waals surface area contributed by atoms with Crippen molar-refractivity contribution in [1.82, 2.24) is 30.6 Å². The second-order valence-electron chi connectivity index (χ2n) is 6.02. The van der Waals surface area contributed by atoms with E-state index in [9.17, 15) is 24.1 Å². The Morgan fingerprint density at radius 1 is 1.23 bits per heavy atom. The highest BCUT2D eigenvalue weighted by molar-refractivity contribution is 5.89. The molecule has 0 aliphatic heterocycles. The van der Waals surface area contributed by atoms with Crippen LogP contribution in [0.3, 0.4) is 0 Å². The molecule has 162 valence electrons. The highest BCUT2D eigenvalue weighted by atomic mass is 19.1. The molecule has 0 aliphatic carbocycles. The summed E-state index contributed by atoms with van der Waals surface area (Å²) in [6.45, 7) is -0.0770. The van der Waals surface area contributed by atoms with Gasteiger partial charge < -0.3 is 19.9 Å². The van der Waals surface area contributed by atoms with Crippen LogP contribution in [-0.2, 0) is 11.3 Å². The van der Waals surface area contributed by atoms with Crippen molar-refractivity contribution in [2.24, 2.45) is 0 Å². The summed E-state index contributed by atoms with van der Waals surface area (Å²) in [4.78, 5) is 37.6. The molecule has 0 bridgehead atoms. The average molecular weight is 433 g/mol. The number of amides is 2. The third-order valence-corrected chi connectivity index (χ3v) is 3.71. The first-order chi connectivity index (χ1) is 14.9. The lowest BCUT2D eigenvalue weighted by atomic mass is 10.3. The summed E-state index contributed by atoms with van der Waals surface area (Å²) in [6, 6.07) is 5.22. The topological polar surface area (TPSA) is 167 Å². The lowest BCUT2D eigenvalue weighted by Crippen LogP contribution is -2.36. The van der Waals surface area contributed by atoms with E-state index in [1.165, 1.54) is 35.1 Å². The van der Waals surface area contributed by atoms with Crippen molar-refractivity contribution in [2.45, 2.75) is 6.54 Å². The molecule has 2 amide bonds. The van der Waals surface area contributed by atoms with Crippen LogP contribution < -0.4 is 15.4 Å². The Kier molecular flexibility index (Phi) is 6.82. The fraction of sp³-hybridized carbons (Fsp3) is 0.235.